The fourth-order valence-electron chi connectivity index (χ4n) is 2.47. The molecule has 3 nitrogen and oxygen atoms in total. The standard InChI is InChI=1S/C16H12FN3/c17-12-6-11-2-1-5-18-16(11)13(7-12)15-8-14(10-3-4-10)19-9-20-15/h1-2,5-10H,3-4H2. The monoisotopic (exact) mass is 265 g/mol. The third-order valence-corrected chi connectivity index (χ3v) is 3.63. The maximum absolute atomic E-state index is 13.8. The Kier molecular flexibility index (Phi) is 2.49. The van der Waals surface area contributed by atoms with Gasteiger partial charge in [-0.25, -0.2) is 14.4 Å². The van der Waals surface area contributed by atoms with E-state index in [1.54, 1.807) is 18.6 Å². The Morgan fingerprint density at radius 1 is 1.05 bits per heavy atom. The van der Waals surface area contributed by atoms with Gasteiger partial charge >= 0.3 is 0 Å². The van der Waals surface area contributed by atoms with Crippen LogP contribution in [0.25, 0.3) is 22.2 Å². The highest BCUT2D eigenvalue weighted by atomic mass is 19.1. The third-order valence-electron chi connectivity index (χ3n) is 3.63. The molecule has 3 aromatic rings. The van der Waals surface area contributed by atoms with E-state index in [2.05, 4.69) is 15.0 Å². The number of rotatable bonds is 2. The smallest absolute Gasteiger partial charge is 0.124 e. The Balaban J connectivity index is 1.95. The Hall–Kier alpha value is -2.36. The number of aromatic nitrogens is 3. The van der Waals surface area contributed by atoms with E-state index in [1.165, 1.54) is 25.0 Å². The Morgan fingerprint density at radius 2 is 1.95 bits per heavy atom. The summed E-state index contributed by atoms with van der Waals surface area (Å²) in [6, 6.07) is 8.61. The van der Waals surface area contributed by atoms with E-state index < -0.39 is 0 Å². The topological polar surface area (TPSA) is 38.7 Å². The van der Waals surface area contributed by atoms with Crippen LogP contribution in [-0.2, 0) is 0 Å². The first-order valence-electron chi connectivity index (χ1n) is 6.68. The molecule has 0 radical (unpaired) electrons. The van der Waals surface area contributed by atoms with Gasteiger partial charge in [-0.3, -0.25) is 4.98 Å². The van der Waals surface area contributed by atoms with Crippen molar-refractivity contribution >= 4 is 10.9 Å². The van der Waals surface area contributed by atoms with E-state index in [0.29, 0.717) is 5.92 Å². The molecule has 0 atom stereocenters. The van der Waals surface area contributed by atoms with Crippen LogP contribution in [0.1, 0.15) is 24.5 Å². The predicted octanol–water partition coefficient (Wildman–Crippen LogP) is 3.71. The molecule has 4 rings (SSSR count). The second-order valence-electron chi connectivity index (χ2n) is 5.13. The first-order valence-corrected chi connectivity index (χ1v) is 6.68. The molecule has 0 bridgehead atoms. The molecule has 0 saturated heterocycles. The maximum atomic E-state index is 13.8. The van der Waals surface area contributed by atoms with Crippen LogP contribution in [0, 0.1) is 5.82 Å². The highest BCUT2D eigenvalue weighted by Gasteiger charge is 2.25. The summed E-state index contributed by atoms with van der Waals surface area (Å²) in [5.41, 5.74) is 3.28. The fraction of sp³-hybridized carbons (Fsp3) is 0.188. The SMILES string of the molecule is Fc1cc(-c2cc(C3CC3)ncn2)c2ncccc2c1. The molecule has 1 fully saturated rings. The quantitative estimate of drug-likeness (QED) is 0.709. The lowest BCUT2D eigenvalue weighted by Crippen LogP contribution is -1.93. The van der Waals surface area contributed by atoms with Crippen LogP contribution in [-0.4, -0.2) is 15.0 Å². The summed E-state index contributed by atoms with van der Waals surface area (Å²) in [4.78, 5) is 13.0. The van der Waals surface area contributed by atoms with Crippen LogP contribution in [0.15, 0.2) is 42.9 Å². The first-order chi connectivity index (χ1) is 9.81. The summed E-state index contributed by atoms with van der Waals surface area (Å²) < 4.78 is 13.8. The van der Waals surface area contributed by atoms with Crippen molar-refractivity contribution in [1.29, 1.82) is 0 Å². The highest BCUT2D eigenvalue weighted by molar-refractivity contribution is 5.92. The average Bonchev–Trinajstić information content (AvgIpc) is 3.31. The van der Waals surface area contributed by atoms with Crippen LogP contribution >= 0.6 is 0 Å². The molecule has 0 N–H and O–H groups in total. The minimum absolute atomic E-state index is 0.271. The summed E-state index contributed by atoms with van der Waals surface area (Å²) in [5, 5.41) is 0.786. The molecule has 20 heavy (non-hydrogen) atoms. The summed E-state index contributed by atoms with van der Waals surface area (Å²) in [5.74, 6) is 0.275. The molecule has 0 aliphatic heterocycles. The van der Waals surface area contributed by atoms with Gasteiger partial charge in [0.05, 0.1) is 11.2 Å². The molecule has 98 valence electrons. The summed E-state index contributed by atoms with van der Waals surface area (Å²) >= 11 is 0. The third kappa shape index (κ3) is 1.93. The van der Waals surface area contributed by atoms with Gasteiger partial charge in [-0.15, -0.1) is 0 Å². The minimum atomic E-state index is -0.271. The molecular formula is C16H12FN3. The van der Waals surface area contributed by atoms with E-state index >= 15 is 0 Å². The van der Waals surface area contributed by atoms with Crippen molar-refractivity contribution in [3.8, 4) is 11.3 Å². The largest absolute Gasteiger partial charge is 0.256 e. The van der Waals surface area contributed by atoms with E-state index in [1.807, 2.05) is 12.1 Å². The Bertz CT molecular complexity index is 797. The van der Waals surface area contributed by atoms with Crippen molar-refractivity contribution in [3.63, 3.8) is 0 Å². The van der Waals surface area contributed by atoms with Gasteiger partial charge in [0.1, 0.15) is 12.1 Å². The summed E-state index contributed by atoms with van der Waals surface area (Å²) in [6.45, 7) is 0. The number of hydrogen-bond donors (Lipinski definition) is 0. The van der Waals surface area contributed by atoms with Gasteiger partial charge in [0.15, 0.2) is 0 Å². The molecule has 2 heterocycles. The van der Waals surface area contributed by atoms with Crippen molar-refractivity contribution in [2.45, 2.75) is 18.8 Å². The number of benzene rings is 1. The van der Waals surface area contributed by atoms with Crippen LogP contribution < -0.4 is 0 Å². The van der Waals surface area contributed by atoms with Gasteiger partial charge in [0.2, 0.25) is 0 Å². The molecule has 1 aromatic carbocycles. The molecule has 1 aliphatic carbocycles. The summed E-state index contributed by atoms with van der Waals surface area (Å²) in [7, 11) is 0. The van der Waals surface area contributed by atoms with Gasteiger partial charge < -0.3 is 0 Å². The minimum Gasteiger partial charge on any atom is -0.256 e. The van der Waals surface area contributed by atoms with Crippen molar-refractivity contribution in [2.24, 2.45) is 0 Å². The predicted molar refractivity (Wildman–Crippen MR) is 74.7 cm³/mol. The van der Waals surface area contributed by atoms with Crippen LogP contribution in [0.5, 0.6) is 0 Å². The van der Waals surface area contributed by atoms with Gasteiger partial charge in [0.25, 0.3) is 0 Å². The molecule has 0 amide bonds. The van der Waals surface area contributed by atoms with Crippen molar-refractivity contribution in [2.75, 3.05) is 0 Å². The Labute approximate surface area is 115 Å². The molecule has 0 spiro atoms. The van der Waals surface area contributed by atoms with E-state index in [4.69, 9.17) is 0 Å². The van der Waals surface area contributed by atoms with Crippen LogP contribution in [0.4, 0.5) is 4.39 Å². The average molecular weight is 265 g/mol. The van der Waals surface area contributed by atoms with E-state index in [0.717, 1.165) is 27.9 Å². The molecule has 1 saturated carbocycles. The van der Waals surface area contributed by atoms with Crippen LogP contribution in [0.3, 0.4) is 0 Å². The molecule has 1 aliphatic rings. The second-order valence-corrected chi connectivity index (χ2v) is 5.13. The lowest BCUT2D eigenvalue weighted by Gasteiger charge is -2.07. The number of nitrogens with zero attached hydrogens (tertiary/aromatic N) is 3. The lowest BCUT2D eigenvalue weighted by molar-refractivity contribution is 0.630. The number of pyridine rings is 1. The number of fused-ring (bicyclic) bond motifs is 1. The molecule has 4 heteroatoms. The first kappa shape index (κ1) is 11.5. The zero-order chi connectivity index (χ0) is 13.5. The highest BCUT2D eigenvalue weighted by Crippen LogP contribution is 2.40. The van der Waals surface area contributed by atoms with Gasteiger partial charge in [0, 0.05) is 28.8 Å². The zero-order valence-corrected chi connectivity index (χ0v) is 10.8. The van der Waals surface area contributed by atoms with Crippen molar-refractivity contribution in [1.82, 2.24) is 15.0 Å². The van der Waals surface area contributed by atoms with Gasteiger partial charge in [-0.1, -0.05) is 6.07 Å². The number of hydrogen-bond acceptors (Lipinski definition) is 3. The van der Waals surface area contributed by atoms with Crippen molar-refractivity contribution < 1.29 is 4.39 Å². The maximum Gasteiger partial charge on any atom is 0.124 e. The second kappa shape index (κ2) is 4.34. The van der Waals surface area contributed by atoms with E-state index in [-0.39, 0.29) is 5.82 Å². The van der Waals surface area contributed by atoms with E-state index in [9.17, 15) is 4.39 Å². The van der Waals surface area contributed by atoms with Crippen molar-refractivity contribution in [3.05, 3.63) is 54.4 Å². The Morgan fingerprint density at radius 3 is 2.80 bits per heavy atom. The number of halogens is 1. The fourth-order valence-corrected chi connectivity index (χ4v) is 2.47. The van der Waals surface area contributed by atoms with Gasteiger partial charge in [-0.05, 0) is 37.1 Å². The van der Waals surface area contributed by atoms with Crippen LogP contribution in [0.2, 0.25) is 0 Å². The molecule has 0 unspecified atom stereocenters. The molecule has 2 aromatic heterocycles. The van der Waals surface area contributed by atoms with Gasteiger partial charge in [-0.2, -0.15) is 0 Å². The molecular weight excluding hydrogens is 253 g/mol. The lowest BCUT2D eigenvalue weighted by atomic mass is 10.1. The summed E-state index contributed by atoms with van der Waals surface area (Å²) in [6.07, 6.45) is 5.63. The zero-order valence-electron chi connectivity index (χ0n) is 10.8. The normalized spacial score (nSPS) is 14.7.